The summed E-state index contributed by atoms with van der Waals surface area (Å²) in [5, 5.41) is 3.75. The smallest absolute Gasteiger partial charge is 0.314 e. The zero-order valence-electron chi connectivity index (χ0n) is 12.7. The fourth-order valence-corrected chi connectivity index (χ4v) is 2.89. The molecule has 1 heterocycles. The van der Waals surface area contributed by atoms with Gasteiger partial charge in [0.2, 0.25) is 5.91 Å². The van der Waals surface area contributed by atoms with Gasteiger partial charge in [0.25, 0.3) is 0 Å². The van der Waals surface area contributed by atoms with Gasteiger partial charge in [-0.25, -0.2) is 4.79 Å². The third-order valence-corrected chi connectivity index (χ3v) is 4.45. The summed E-state index contributed by atoms with van der Waals surface area (Å²) in [5.74, 6) is -0.119. The number of likely N-dealkylation sites (tertiary alicyclic amines) is 1. The lowest BCUT2D eigenvalue weighted by Crippen LogP contribution is -2.49. The molecule has 0 aliphatic carbocycles. The summed E-state index contributed by atoms with van der Waals surface area (Å²) in [4.78, 5) is 25.0. The van der Waals surface area contributed by atoms with E-state index in [4.69, 9.17) is 17.3 Å². The number of halogens is 1. The normalized spacial score (nSPS) is 17.1. The van der Waals surface area contributed by atoms with Crippen molar-refractivity contribution in [3.63, 3.8) is 0 Å². The van der Waals surface area contributed by atoms with Crippen molar-refractivity contribution in [1.29, 1.82) is 0 Å². The standard InChI is InChI=1S/C16H22ClN3O2/c1-11(10-12-4-2-3-5-14(12)17)15(21)19-13-6-8-20(9-7-13)16(18)22/h2-5,11,13H,6-10H2,1H3,(H2,18,22)(H,19,21)/t11-/m1/s1. The largest absolute Gasteiger partial charge is 0.353 e. The van der Waals surface area contributed by atoms with Crippen molar-refractivity contribution < 1.29 is 9.59 Å². The molecule has 0 bridgehead atoms. The van der Waals surface area contributed by atoms with Crippen LogP contribution in [0.5, 0.6) is 0 Å². The number of urea groups is 1. The van der Waals surface area contributed by atoms with Crippen LogP contribution in [-0.2, 0) is 11.2 Å². The predicted octanol–water partition coefficient (Wildman–Crippen LogP) is 2.18. The number of nitrogens with zero attached hydrogens (tertiary/aromatic N) is 1. The van der Waals surface area contributed by atoms with Crippen molar-refractivity contribution >= 4 is 23.5 Å². The number of nitrogens with two attached hydrogens (primary N) is 1. The van der Waals surface area contributed by atoms with Gasteiger partial charge in [0.15, 0.2) is 0 Å². The first-order valence-corrected chi connectivity index (χ1v) is 7.93. The van der Waals surface area contributed by atoms with Crippen LogP contribution in [0.25, 0.3) is 0 Å². The van der Waals surface area contributed by atoms with Gasteiger partial charge < -0.3 is 16.0 Å². The van der Waals surface area contributed by atoms with Crippen molar-refractivity contribution in [2.75, 3.05) is 13.1 Å². The highest BCUT2D eigenvalue weighted by Gasteiger charge is 2.24. The summed E-state index contributed by atoms with van der Waals surface area (Å²) < 4.78 is 0. The van der Waals surface area contributed by atoms with Crippen LogP contribution in [0.15, 0.2) is 24.3 Å². The van der Waals surface area contributed by atoms with Crippen molar-refractivity contribution in [3.05, 3.63) is 34.9 Å². The third-order valence-electron chi connectivity index (χ3n) is 4.08. The molecule has 0 saturated carbocycles. The molecule has 0 aromatic heterocycles. The highest BCUT2D eigenvalue weighted by Crippen LogP contribution is 2.19. The summed E-state index contributed by atoms with van der Waals surface area (Å²) in [6.07, 6.45) is 2.10. The van der Waals surface area contributed by atoms with E-state index in [-0.39, 0.29) is 17.9 Å². The number of rotatable bonds is 4. The van der Waals surface area contributed by atoms with Crippen LogP contribution in [0.1, 0.15) is 25.3 Å². The number of hydrogen-bond acceptors (Lipinski definition) is 2. The molecule has 1 aromatic rings. The molecule has 22 heavy (non-hydrogen) atoms. The Kier molecular flexibility index (Phi) is 5.66. The van der Waals surface area contributed by atoms with E-state index < -0.39 is 6.03 Å². The van der Waals surface area contributed by atoms with Crippen LogP contribution in [-0.4, -0.2) is 36.0 Å². The molecule has 3 amide bonds. The molecule has 120 valence electrons. The molecule has 0 spiro atoms. The van der Waals surface area contributed by atoms with Crippen molar-refractivity contribution in [2.24, 2.45) is 11.7 Å². The number of amides is 3. The summed E-state index contributed by atoms with van der Waals surface area (Å²) in [7, 11) is 0. The summed E-state index contributed by atoms with van der Waals surface area (Å²) in [5.41, 5.74) is 6.23. The molecule has 2 rings (SSSR count). The van der Waals surface area contributed by atoms with Gasteiger partial charge in [0.05, 0.1) is 0 Å². The van der Waals surface area contributed by atoms with Crippen molar-refractivity contribution in [1.82, 2.24) is 10.2 Å². The Morgan fingerprint density at radius 2 is 2.00 bits per heavy atom. The predicted molar refractivity (Wildman–Crippen MR) is 86.6 cm³/mol. The molecule has 1 atom stereocenters. The molecule has 1 saturated heterocycles. The average molecular weight is 324 g/mol. The van der Waals surface area contributed by atoms with E-state index in [2.05, 4.69) is 5.32 Å². The van der Waals surface area contributed by atoms with E-state index in [0.717, 1.165) is 18.4 Å². The summed E-state index contributed by atoms with van der Waals surface area (Å²) in [6.45, 7) is 3.09. The number of nitrogens with one attached hydrogen (secondary N) is 1. The second-order valence-corrected chi connectivity index (χ2v) is 6.21. The fourth-order valence-electron chi connectivity index (χ4n) is 2.67. The summed E-state index contributed by atoms with van der Waals surface area (Å²) in [6, 6.07) is 7.29. The van der Waals surface area contributed by atoms with E-state index in [1.54, 1.807) is 4.90 Å². The number of primary amides is 1. The highest BCUT2D eigenvalue weighted by atomic mass is 35.5. The van der Waals surface area contributed by atoms with E-state index in [9.17, 15) is 9.59 Å². The SMILES string of the molecule is C[C@H](Cc1ccccc1Cl)C(=O)NC1CCN(C(N)=O)CC1. The molecule has 0 unspecified atom stereocenters. The van der Waals surface area contributed by atoms with Gasteiger partial charge in [-0.05, 0) is 30.9 Å². The van der Waals surface area contributed by atoms with Crippen LogP contribution in [0.3, 0.4) is 0 Å². The average Bonchev–Trinajstić information content (AvgIpc) is 2.50. The Bertz CT molecular complexity index is 542. The van der Waals surface area contributed by atoms with Gasteiger partial charge in [-0.15, -0.1) is 0 Å². The van der Waals surface area contributed by atoms with Crippen LogP contribution in [0.4, 0.5) is 4.79 Å². The minimum Gasteiger partial charge on any atom is -0.353 e. The lowest BCUT2D eigenvalue weighted by atomic mass is 9.98. The number of hydrogen-bond donors (Lipinski definition) is 2. The lowest BCUT2D eigenvalue weighted by Gasteiger charge is -2.31. The van der Waals surface area contributed by atoms with Crippen molar-refractivity contribution in [2.45, 2.75) is 32.2 Å². The molecule has 5 nitrogen and oxygen atoms in total. The zero-order valence-corrected chi connectivity index (χ0v) is 13.5. The van der Waals surface area contributed by atoms with E-state index in [1.807, 2.05) is 31.2 Å². The Labute approximate surface area is 135 Å². The first-order valence-electron chi connectivity index (χ1n) is 7.55. The molecule has 6 heteroatoms. The maximum Gasteiger partial charge on any atom is 0.314 e. The Balaban J connectivity index is 1.82. The Morgan fingerprint density at radius 1 is 1.36 bits per heavy atom. The molecule has 1 aliphatic rings. The van der Waals surface area contributed by atoms with Gasteiger partial charge in [-0.1, -0.05) is 36.7 Å². The van der Waals surface area contributed by atoms with E-state index in [1.165, 1.54) is 0 Å². The molecule has 1 aliphatic heterocycles. The topological polar surface area (TPSA) is 75.4 Å². The Morgan fingerprint density at radius 3 is 2.59 bits per heavy atom. The second kappa shape index (κ2) is 7.49. The van der Waals surface area contributed by atoms with Crippen LogP contribution in [0, 0.1) is 5.92 Å². The maximum absolute atomic E-state index is 12.3. The first kappa shape index (κ1) is 16.6. The fraction of sp³-hybridized carbons (Fsp3) is 0.500. The third kappa shape index (κ3) is 4.37. The van der Waals surface area contributed by atoms with E-state index in [0.29, 0.717) is 24.5 Å². The monoisotopic (exact) mass is 323 g/mol. The first-order chi connectivity index (χ1) is 10.5. The van der Waals surface area contributed by atoms with Crippen LogP contribution >= 0.6 is 11.6 Å². The number of piperidine rings is 1. The number of carbonyl (C=O) groups is 2. The summed E-state index contributed by atoms with van der Waals surface area (Å²) >= 11 is 6.13. The van der Waals surface area contributed by atoms with E-state index >= 15 is 0 Å². The number of benzene rings is 1. The minimum absolute atomic E-state index is 0.0254. The minimum atomic E-state index is -0.392. The van der Waals surface area contributed by atoms with Gasteiger partial charge in [0, 0.05) is 30.1 Å². The van der Waals surface area contributed by atoms with Gasteiger partial charge in [-0.3, -0.25) is 4.79 Å². The molecule has 1 aromatic carbocycles. The quantitative estimate of drug-likeness (QED) is 0.891. The second-order valence-electron chi connectivity index (χ2n) is 5.80. The molecule has 3 N–H and O–H groups in total. The highest BCUT2D eigenvalue weighted by molar-refractivity contribution is 6.31. The Hall–Kier alpha value is -1.75. The van der Waals surface area contributed by atoms with Crippen LogP contribution < -0.4 is 11.1 Å². The van der Waals surface area contributed by atoms with Gasteiger partial charge in [-0.2, -0.15) is 0 Å². The maximum atomic E-state index is 12.3. The molecule has 1 fully saturated rings. The molecular weight excluding hydrogens is 302 g/mol. The van der Waals surface area contributed by atoms with Crippen LogP contribution in [0.2, 0.25) is 5.02 Å². The molecular formula is C16H22ClN3O2. The van der Waals surface area contributed by atoms with Crippen molar-refractivity contribution in [3.8, 4) is 0 Å². The number of carbonyl (C=O) groups excluding carboxylic acids is 2. The zero-order chi connectivity index (χ0) is 16.1. The van der Waals surface area contributed by atoms with Gasteiger partial charge >= 0.3 is 6.03 Å². The van der Waals surface area contributed by atoms with Gasteiger partial charge in [0.1, 0.15) is 0 Å². The lowest BCUT2D eigenvalue weighted by molar-refractivity contribution is -0.125. The molecule has 0 radical (unpaired) electrons.